The van der Waals surface area contributed by atoms with Crippen LogP contribution < -0.4 is 14.6 Å². The first kappa shape index (κ1) is 18.5. The van der Waals surface area contributed by atoms with E-state index in [-0.39, 0.29) is 16.0 Å². The highest BCUT2D eigenvalue weighted by Gasteiger charge is 2.14. The standard InChI is InChI=1S/C19H16N2O5S/c1-24-14-9-13(10-15(11-14)25-2)17-20-21-19(26-17)27-16(18(22)23)8-12-6-4-3-5-7-12/h3-11H,1-2H3,(H,22,23)/p-1/b16-8-. The molecule has 1 heterocycles. The monoisotopic (exact) mass is 383 g/mol. The number of hydrogen-bond donors (Lipinski definition) is 0. The second kappa shape index (κ2) is 8.41. The second-order valence-electron chi connectivity index (χ2n) is 5.28. The fraction of sp³-hybridized carbons (Fsp3) is 0.105. The van der Waals surface area contributed by atoms with Crippen molar-refractivity contribution in [2.24, 2.45) is 0 Å². The molecular formula is C19H15N2O5S-. The Morgan fingerprint density at radius 2 is 1.74 bits per heavy atom. The predicted molar refractivity (Wildman–Crippen MR) is 98.1 cm³/mol. The fourth-order valence-corrected chi connectivity index (χ4v) is 2.89. The Bertz CT molecular complexity index is 947. The molecule has 1 aromatic heterocycles. The van der Waals surface area contributed by atoms with E-state index in [9.17, 15) is 9.90 Å². The topological polar surface area (TPSA) is 97.5 Å². The lowest BCUT2D eigenvalue weighted by Crippen LogP contribution is -2.22. The molecule has 0 saturated heterocycles. The van der Waals surface area contributed by atoms with Crippen molar-refractivity contribution in [2.75, 3.05) is 14.2 Å². The van der Waals surface area contributed by atoms with Gasteiger partial charge in [-0.3, -0.25) is 0 Å². The molecule has 0 N–H and O–H groups in total. The minimum absolute atomic E-state index is 0.0420. The molecule has 0 aliphatic rings. The molecular weight excluding hydrogens is 368 g/mol. The molecule has 7 nitrogen and oxygen atoms in total. The highest BCUT2D eigenvalue weighted by molar-refractivity contribution is 8.03. The number of aromatic nitrogens is 2. The van der Waals surface area contributed by atoms with Gasteiger partial charge in [0, 0.05) is 16.5 Å². The van der Waals surface area contributed by atoms with Crippen LogP contribution in [0.5, 0.6) is 11.5 Å². The van der Waals surface area contributed by atoms with E-state index in [0.717, 1.165) is 17.3 Å². The summed E-state index contributed by atoms with van der Waals surface area (Å²) in [7, 11) is 3.07. The lowest BCUT2D eigenvalue weighted by molar-refractivity contribution is -0.298. The van der Waals surface area contributed by atoms with Crippen molar-refractivity contribution in [3.63, 3.8) is 0 Å². The van der Waals surface area contributed by atoms with E-state index in [2.05, 4.69) is 10.2 Å². The van der Waals surface area contributed by atoms with Crippen LogP contribution in [0.4, 0.5) is 0 Å². The number of carboxylic acids is 1. The molecule has 0 unspecified atom stereocenters. The van der Waals surface area contributed by atoms with Gasteiger partial charge in [0.25, 0.3) is 5.22 Å². The van der Waals surface area contributed by atoms with Crippen LogP contribution in [-0.2, 0) is 4.79 Å². The van der Waals surface area contributed by atoms with E-state index in [4.69, 9.17) is 13.9 Å². The number of hydrogen-bond acceptors (Lipinski definition) is 8. The Labute approximate surface area is 159 Å². The first-order chi connectivity index (χ1) is 13.1. The summed E-state index contributed by atoms with van der Waals surface area (Å²) in [4.78, 5) is 11.4. The van der Waals surface area contributed by atoms with Crippen LogP contribution in [0.15, 0.2) is 63.1 Å². The van der Waals surface area contributed by atoms with Gasteiger partial charge in [-0.2, -0.15) is 0 Å². The fourth-order valence-electron chi connectivity index (χ4n) is 2.22. The number of ether oxygens (including phenoxy) is 2. The van der Waals surface area contributed by atoms with Crippen LogP contribution in [0.25, 0.3) is 17.5 Å². The molecule has 0 fully saturated rings. The Balaban J connectivity index is 1.87. The summed E-state index contributed by atoms with van der Waals surface area (Å²) in [6.07, 6.45) is 1.48. The summed E-state index contributed by atoms with van der Waals surface area (Å²) >= 11 is 0.823. The Hall–Kier alpha value is -3.26. The molecule has 0 atom stereocenters. The van der Waals surface area contributed by atoms with Crippen molar-refractivity contribution >= 4 is 23.8 Å². The lowest BCUT2D eigenvalue weighted by Gasteiger charge is -2.06. The normalized spacial score (nSPS) is 11.3. The molecule has 0 bridgehead atoms. The van der Waals surface area contributed by atoms with Crippen LogP contribution in [0.2, 0.25) is 0 Å². The summed E-state index contributed by atoms with van der Waals surface area (Å²) in [5, 5.41) is 19.4. The zero-order valence-corrected chi connectivity index (χ0v) is 15.4. The van der Waals surface area contributed by atoms with Crippen LogP contribution in [0, 0.1) is 0 Å². The van der Waals surface area contributed by atoms with Gasteiger partial charge >= 0.3 is 0 Å². The highest BCUT2D eigenvalue weighted by atomic mass is 32.2. The number of carboxylic acid groups (broad SMARTS) is 1. The van der Waals surface area contributed by atoms with E-state index in [1.165, 1.54) is 20.3 Å². The maximum Gasteiger partial charge on any atom is 0.281 e. The summed E-state index contributed by atoms with van der Waals surface area (Å²) < 4.78 is 16.0. The van der Waals surface area contributed by atoms with Crippen molar-refractivity contribution in [3.05, 3.63) is 59.0 Å². The Morgan fingerprint density at radius 3 is 2.33 bits per heavy atom. The molecule has 3 rings (SSSR count). The third kappa shape index (κ3) is 4.68. The molecule has 0 saturated carbocycles. The van der Waals surface area contributed by atoms with E-state index in [1.54, 1.807) is 30.3 Å². The third-order valence-corrected chi connectivity index (χ3v) is 4.34. The van der Waals surface area contributed by atoms with Gasteiger partial charge in [0.1, 0.15) is 11.5 Å². The number of rotatable bonds is 7. The van der Waals surface area contributed by atoms with Crippen molar-refractivity contribution in [2.45, 2.75) is 5.22 Å². The molecule has 0 amide bonds. The zero-order valence-electron chi connectivity index (χ0n) is 14.5. The molecule has 0 spiro atoms. The van der Waals surface area contributed by atoms with Gasteiger partial charge in [0.05, 0.1) is 20.2 Å². The van der Waals surface area contributed by atoms with Gasteiger partial charge in [0.15, 0.2) is 0 Å². The van der Waals surface area contributed by atoms with E-state index < -0.39 is 5.97 Å². The van der Waals surface area contributed by atoms with Crippen molar-refractivity contribution < 1.29 is 23.8 Å². The summed E-state index contributed by atoms with van der Waals surface area (Å²) in [5.41, 5.74) is 1.31. The van der Waals surface area contributed by atoms with Gasteiger partial charge in [-0.05, 0) is 35.5 Å². The average Bonchev–Trinajstić information content (AvgIpc) is 3.16. The number of methoxy groups -OCH3 is 2. The zero-order chi connectivity index (χ0) is 19.2. The maximum atomic E-state index is 11.4. The molecule has 2 aromatic carbocycles. The van der Waals surface area contributed by atoms with Gasteiger partial charge in [-0.15, -0.1) is 10.2 Å². The summed E-state index contributed by atoms with van der Waals surface area (Å²) in [5.74, 6) is 0.0195. The number of carbonyl (C=O) groups excluding carboxylic acids is 1. The minimum Gasteiger partial charge on any atom is -0.544 e. The van der Waals surface area contributed by atoms with Crippen molar-refractivity contribution in [1.82, 2.24) is 10.2 Å². The number of carbonyl (C=O) groups is 1. The van der Waals surface area contributed by atoms with Gasteiger partial charge in [-0.1, -0.05) is 30.3 Å². The molecule has 8 heteroatoms. The molecule has 138 valence electrons. The van der Waals surface area contributed by atoms with Crippen molar-refractivity contribution in [3.8, 4) is 23.0 Å². The molecule has 0 radical (unpaired) electrons. The smallest absolute Gasteiger partial charge is 0.281 e. The average molecular weight is 383 g/mol. The van der Waals surface area contributed by atoms with Gasteiger partial charge < -0.3 is 23.8 Å². The van der Waals surface area contributed by atoms with Gasteiger partial charge in [-0.25, -0.2) is 0 Å². The highest BCUT2D eigenvalue weighted by Crippen LogP contribution is 2.32. The SMILES string of the molecule is COc1cc(OC)cc(-c2nnc(S/C(=C\c3ccccc3)C(=O)[O-])o2)c1. The van der Waals surface area contributed by atoms with Crippen LogP contribution >= 0.6 is 11.8 Å². The Morgan fingerprint density at radius 1 is 1.07 bits per heavy atom. The van der Waals surface area contributed by atoms with Gasteiger partial charge in [0.2, 0.25) is 5.89 Å². The summed E-state index contributed by atoms with van der Waals surface area (Å²) in [6.45, 7) is 0. The van der Waals surface area contributed by atoms with Crippen LogP contribution in [-0.4, -0.2) is 30.4 Å². The number of thioether (sulfide) groups is 1. The quantitative estimate of drug-likeness (QED) is 0.454. The number of nitrogens with zero attached hydrogens (tertiary/aromatic N) is 2. The number of aliphatic carboxylic acids is 1. The van der Waals surface area contributed by atoms with E-state index in [1.807, 2.05) is 18.2 Å². The van der Waals surface area contributed by atoms with E-state index >= 15 is 0 Å². The molecule has 27 heavy (non-hydrogen) atoms. The van der Waals surface area contributed by atoms with Crippen molar-refractivity contribution in [1.29, 1.82) is 0 Å². The second-order valence-corrected chi connectivity index (χ2v) is 6.28. The lowest BCUT2D eigenvalue weighted by atomic mass is 10.2. The third-order valence-electron chi connectivity index (χ3n) is 3.50. The first-order valence-corrected chi connectivity index (χ1v) is 8.63. The largest absolute Gasteiger partial charge is 0.544 e. The van der Waals surface area contributed by atoms with E-state index in [0.29, 0.717) is 17.1 Å². The Kier molecular flexibility index (Phi) is 5.77. The molecule has 0 aliphatic carbocycles. The molecule has 0 aliphatic heterocycles. The number of benzene rings is 2. The maximum absolute atomic E-state index is 11.4. The first-order valence-electron chi connectivity index (χ1n) is 7.82. The minimum atomic E-state index is -1.33. The van der Waals surface area contributed by atoms with Crippen LogP contribution in [0.3, 0.4) is 0 Å². The molecule has 3 aromatic rings. The summed E-state index contributed by atoms with van der Waals surface area (Å²) in [6, 6.07) is 14.2. The predicted octanol–water partition coefficient (Wildman–Crippen LogP) is 2.64. The van der Waals surface area contributed by atoms with Crippen LogP contribution in [0.1, 0.15) is 5.56 Å².